The Hall–Kier alpha value is -2.66. The maximum atomic E-state index is 12.7. The molecule has 2 heterocycles. The van der Waals surface area contributed by atoms with Gasteiger partial charge in [0.1, 0.15) is 5.58 Å². The van der Waals surface area contributed by atoms with E-state index < -0.39 is 0 Å². The second kappa shape index (κ2) is 5.43. The van der Waals surface area contributed by atoms with Crippen LogP contribution < -0.4 is 5.32 Å². The molecule has 0 atom stereocenters. The molecule has 0 spiro atoms. The maximum Gasteiger partial charge on any atom is 0.293 e. The van der Waals surface area contributed by atoms with Gasteiger partial charge >= 0.3 is 0 Å². The average molecular weight is 348 g/mol. The number of nitrogens with one attached hydrogen (secondary N) is 1. The van der Waals surface area contributed by atoms with Gasteiger partial charge in [-0.25, -0.2) is 4.98 Å². The van der Waals surface area contributed by atoms with Crippen LogP contribution in [0.2, 0.25) is 0 Å². The Morgan fingerprint density at radius 1 is 1.20 bits per heavy atom. The van der Waals surface area contributed by atoms with Crippen molar-refractivity contribution in [1.82, 2.24) is 4.98 Å². The van der Waals surface area contributed by atoms with Gasteiger partial charge in [-0.1, -0.05) is 36.4 Å². The molecule has 0 radical (unpaired) electrons. The molecule has 1 saturated carbocycles. The van der Waals surface area contributed by atoms with Crippen molar-refractivity contribution in [2.45, 2.75) is 25.7 Å². The summed E-state index contributed by atoms with van der Waals surface area (Å²) in [5.74, 6) is 0.699. The van der Waals surface area contributed by atoms with Gasteiger partial charge in [0.05, 0.1) is 5.69 Å². The van der Waals surface area contributed by atoms with Crippen LogP contribution >= 0.6 is 11.3 Å². The maximum absolute atomic E-state index is 12.7. The molecular weight excluding hydrogens is 332 g/mol. The van der Waals surface area contributed by atoms with E-state index in [0.29, 0.717) is 16.8 Å². The zero-order valence-corrected chi connectivity index (χ0v) is 14.5. The lowest BCUT2D eigenvalue weighted by Gasteiger charge is -1.99. The highest BCUT2D eigenvalue weighted by Crippen LogP contribution is 2.41. The highest BCUT2D eigenvalue weighted by atomic mass is 32.1. The topological polar surface area (TPSA) is 55.1 Å². The molecule has 0 saturated heterocycles. The molecule has 25 heavy (non-hydrogen) atoms. The van der Waals surface area contributed by atoms with Crippen LogP contribution in [0.4, 0.5) is 5.13 Å². The highest BCUT2D eigenvalue weighted by molar-refractivity contribution is 7.14. The van der Waals surface area contributed by atoms with E-state index in [1.165, 1.54) is 24.2 Å². The molecule has 0 aliphatic heterocycles. The van der Waals surface area contributed by atoms with Gasteiger partial charge in [-0.2, -0.15) is 0 Å². The average Bonchev–Trinajstić information content (AvgIpc) is 3.28. The zero-order valence-electron chi connectivity index (χ0n) is 13.7. The van der Waals surface area contributed by atoms with Crippen molar-refractivity contribution in [3.05, 3.63) is 58.8 Å². The molecule has 2 aromatic carbocycles. The van der Waals surface area contributed by atoms with Crippen LogP contribution in [0.15, 0.2) is 46.2 Å². The summed E-state index contributed by atoms with van der Waals surface area (Å²) in [6.07, 6.45) is 2.40. The number of thiazole rings is 1. The van der Waals surface area contributed by atoms with Gasteiger partial charge in [0, 0.05) is 27.6 Å². The number of fused-ring (bicyclic) bond motifs is 3. The van der Waals surface area contributed by atoms with E-state index in [-0.39, 0.29) is 5.91 Å². The van der Waals surface area contributed by atoms with E-state index in [0.717, 1.165) is 33.0 Å². The minimum absolute atomic E-state index is 0.241. The number of aryl methyl sites for hydroxylation is 1. The predicted molar refractivity (Wildman–Crippen MR) is 100 cm³/mol. The van der Waals surface area contributed by atoms with Gasteiger partial charge in [0.15, 0.2) is 10.9 Å². The molecule has 4 aromatic rings. The molecule has 1 aliphatic carbocycles. The standard InChI is InChI=1S/C20H16N2O2S/c1-11-14-9-8-12-4-2-3-5-15(12)18(14)24-17(11)19(23)22-20-21-16(10-25-20)13-6-7-13/h2-5,8-10,13H,6-7H2,1H3,(H,21,22,23). The van der Waals surface area contributed by atoms with Crippen LogP contribution in [0.1, 0.15) is 40.6 Å². The Morgan fingerprint density at radius 3 is 2.88 bits per heavy atom. The normalized spacial score (nSPS) is 14.3. The number of carbonyl (C=O) groups excluding carboxylic acids is 1. The second-order valence-electron chi connectivity index (χ2n) is 6.53. The summed E-state index contributed by atoms with van der Waals surface area (Å²) in [4.78, 5) is 17.2. The number of rotatable bonds is 3. The molecule has 1 amide bonds. The van der Waals surface area contributed by atoms with E-state index in [9.17, 15) is 4.79 Å². The lowest BCUT2D eigenvalue weighted by molar-refractivity contribution is 0.0998. The third kappa shape index (κ3) is 2.43. The Kier molecular flexibility index (Phi) is 3.18. The van der Waals surface area contributed by atoms with E-state index >= 15 is 0 Å². The Balaban J connectivity index is 1.53. The van der Waals surface area contributed by atoms with Crippen molar-refractivity contribution >= 4 is 44.1 Å². The molecule has 1 N–H and O–H groups in total. The first-order valence-corrected chi connectivity index (χ1v) is 9.26. The number of carbonyl (C=O) groups is 1. The summed E-state index contributed by atoms with van der Waals surface area (Å²) in [6, 6.07) is 12.1. The first kappa shape index (κ1) is 14.7. The zero-order chi connectivity index (χ0) is 17.0. The number of amides is 1. The van der Waals surface area contributed by atoms with Gasteiger partial charge < -0.3 is 4.42 Å². The van der Waals surface area contributed by atoms with Crippen molar-refractivity contribution in [2.75, 3.05) is 5.32 Å². The summed E-state index contributed by atoms with van der Waals surface area (Å²) >= 11 is 1.47. The lowest BCUT2D eigenvalue weighted by Crippen LogP contribution is -2.11. The first-order valence-electron chi connectivity index (χ1n) is 8.38. The molecule has 1 aliphatic rings. The molecule has 5 rings (SSSR count). The van der Waals surface area contributed by atoms with Crippen LogP contribution in [0, 0.1) is 6.92 Å². The quantitative estimate of drug-likeness (QED) is 0.533. The summed E-state index contributed by atoms with van der Waals surface area (Å²) in [5, 5.41) is 8.65. The monoisotopic (exact) mass is 348 g/mol. The predicted octanol–water partition coefficient (Wildman–Crippen LogP) is 5.48. The molecule has 0 bridgehead atoms. The molecule has 124 valence electrons. The van der Waals surface area contributed by atoms with Crippen molar-refractivity contribution in [3.8, 4) is 0 Å². The van der Waals surface area contributed by atoms with E-state index in [1.54, 1.807) is 0 Å². The van der Waals surface area contributed by atoms with Crippen LogP contribution in [0.25, 0.3) is 21.7 Å². The number of hydrogen-bond acceptors (Lipinski definition) is 4. The minimum atomic E-state index is -0.241. The fourth-order valence-corrected chi connectivity index (χ4v) is 4.02. The minimum Gasteiger partial charge on any atom is -0.450 e. The van der Waals surface area contributed by atoms with Crippen molar-refractivity contribution in [3.63, 3.8) is 0 Å². The second-order valence-corrected chi connectivity index (χ2v) is 7.38. The first-order chi connectivity index (χ1) is 12.2. The van der Waals surface area contributed by atoms with E-state index in [4.69, 9.17) is 4.42 Å². The number of benzene rings is 2. The molecule has 1 fully saturated rings. The van der Waals surface area contributed by atoms with Crippen molar-refractivity contribution in [1.29, 1.82) is 0 Å². The van der Waals surface area contributed by atoms with Gasteiger partial charge in [-0.05, 0) is 25.2 Å². The molecule has 0 unspecified atom stereocenters. The smallest absolute Gasteiger partial charge is 0.293 e. The van der Waals surface area contributed by atoms with Crippen molar-refractivity contribution in [2.24, 2.45) is 0 Å². The highest BCUT2D eigenvalue weighted by Gasteiger charge is 2.27. The SMILES string of the molecule is Cc1c(C(=O)Nc2nc(C3CC3)cs2)oc2c1ccc1ccccc12. The van der Waals surface area contributed by atoms with E-state index in [2.05, 4.69) is 16.4 Å². The fourth-order valence-electron chi connectivity index (χ4n) is 3.23. The largest absolute Gasteiger partial charge is 0.450 e. The van der Waals surface area contributed by atoms with Crippen LogP contribution in [-0.2, 0) is 0 Å². The summed E-state index contributed by atoms with van der Waals surface area (Å²) in [7, 11) is 0. The Bertz CT molecular complexity index is 1120. The Morgan fingerprint density at radius 2 is 2.04 bits per heavy atom. The third-order valence-corrected chi connectivity index (χ3v) is 5.55. The summed E-state index contributed by atoms with van der Waals surface area (Å²) < 4.78 is 5.98. The number of furan rings is 1. The van der Waals surface area contributed by atoms with Gasteiger partial charge in [0.2, 0.25) is 0 Å². The molecule has 4 nitrogen and oxygen atoms in total. The fraction of sp³-hybridized carbons (Fsp3) is 0.200. The van der Waals surface area contributed by atoms with Crippen LogP contribution in [0.5, 0.6) is 0 Å². The van der Waals surface area contributed by atoms with Gasteiger partial charge in [-0.15, -0.1) is 11.3 Å². The lowest BCUT2D eigenvalue weighted by atomic mass is 10.1. The number of hydrogen-bond donors (Lipinski definition) is 1. The van der Waals surface area contributed by atoms with E-state index in [1.807, 2.05) is 42.6 Å². The number of anilines is 1. The number of nitrogens with zero attached hydrogens (tertiary/aromatic N) is 1. The Labute approximate surface area is 148 Å². The van der Waals surface area contributed by atoms with Crippen molar-refractivity contribution < 1.29 is 9.21 Å². The molecule has 2 aromatic heterocycles. The van der Waals surface area contributed by atoms with Crippen LogP contribution in [0.3, 0.4) is 0 Å². The molecule has 5 heteroatoms. The summed E-state index contributed by atoms with van der Waals surface area (Å²) in [5.41, 5.74) is 2.71. The third-order valence-electron chi connectivity index (χ3n) is 4.77. The van der Waals surface area contributed by atoms with Gasteiger partial charge in [0.25, 0.3) is 5.91 Å². The van der Waals surface area contributed by atoms with Crippen LogP contribution in [-0.4, -0.2) is 10.9 Å². The summed E-state index contributed by atoms with van der Waals surface area (Å²) in [6.45, 7) is 1.92. The molecular formula is C20H16N2O2S. The van der Waals surface area contributed by atoms with Gasteiger partial charge in [-0.3, -0.25) is 10.1 Å². The number of aromatic nitrogens is 1.